The largest absolute Gasteiger partial charge is 0.509 e. The molecule has 0 bridgehead atoms. The number of benzene rings is 1. The van der Waals surface area contributed by atoms with Gasteiger partial charge in [-0.3, -0.25) is 13.9 Å². The lowest BCUT2D eigenvalue weighted by Crippen LogP contribution is -2.62. The number of rotatable bonds is 4. The van der Waals surface area contributed by atoms with Gasteiger partial charge >= 0.3 is 0 Å². The highest BCUT2D eigenvalue weighted by Gasteiger charge is 2.58. The minimum atomic E-state index is -3.78. The van der Waals surface area contributed by atoms with Crippen molar-refractivity contribution >= 4 is 27.7 Å². The van der Waals surface area contributed by atoms with Gasteiger partial charge in [0.1, 0.15) is 29.2 Å². The number of likely N-dealkylation sites (N-methyl/N-ethyl adjacent to an activating group) is 1. The third kappa shape index (κ3) is 3.79. The molecule has 0 radical (unpaired) electrons. The number of hydrazone groups is 1. The first-order valence-corrected chi connectivity index (χ1v) is 12.8. The minimum absolute atomic E-state index is 0.00552. The maximum Gasteiger partial charge on any atom is 0.273 e. The number of hydrogen-bond donors (Lipinski definition) is 1. The van der Waals surface area contributed by atoms with E-state index in [-0.39, 0.29) is 30.2 Å². The van der Waals surface area contributed by atoms with Gasteiger partial charge < -0.3 is 14.9 Å². The van der Waals surface area contributed by atoms with Crippen molar-refractivity contribution < 1.29 is 27.5 Å². The molecule has 12 heteroatoms. The van der Waals surface area contributed by atoms with Gasteiger partial charge in [-0.2, -0.15) is 5.10 Å². The predicted octanol–water partition coefficient (Wildman–Crippen LogP) is 1.08. The Labute approximate surface area is 198 Å². The molecule has 2 unspecified atom stereocenters. The Morgan fingerprint density at radius 2 is 1.85 bits per heavy atom. The van der Waals surface area contributed by atoms with E-state index in [0.29, 0.717) is 12.1 Å². The summed E-state index contributed by atoms with van der Waals surface area (Å²) in [6.45, 7) is 5.86. The summed E-state index contributed by atoms with van der Waals surface area (Å²) in [5.41, 5.74) is 0.561. The lowest BCUT2D eigenvalue weighted by Gasteiger charge is -2.46. The number of amidine groups is 1. The smallest absolute Gasteiger partial charge is 0.273 e. The first-order chi connectivity index (χ1) is 15.8. The van der Waals surface area contributed by atoms with Gasteiger partial charge in [0.05, 0.1) is 12.8 Å². The van der Waals surface area contributed by atoms with E-state index < -0.39 is 45.4 Å². The van der Waals surface area contributed by atoms with Gasteiger partial charge in [0.25, 0.3) is 11.8 Å². The number of aliphatic hydroxyl groups excluding tert-OH is 1. The van der Waals surface area contributed by atoms with E-state index in [2.05, 4.69) is 5.10 Å². The van der Waals surface area contributed by atoms with Crippen molar-refractivity contribution in [3.05, 3.63) is 47.1 Å². The van der Waals surface area contributed by atoms with Gasteiger partial charge in [0.15, 0.2) is 5.84 Å². The van der Waals surface area contributed by atoms with E-state index >= 15 is 0 Å². The Balaban J connectivity index is 1.83. The second-order valence-electron chi connectivity index (χ2n) is 9.17. The summed E-state index contributed by atoms with van der Waals surface area (Å²) in [5.74, 6) is -3.00. The van der Waals surface area contributed by atoms with Crippen molar-refractivity contribution in [2.24, 2.45) is 11.0 Å². The van der Waals surface area contributed by atoms with Crippen molar-refractivity contribution in [2.75, 3.05) is 19.8 Å². The van der Waals surface area contributed by atoms with Crippen molar-refractivity contribution in [1.82, 2.24) is 19.1 Å². The van der Waals surface area contributed by atoms with Crippen LogP contribution in [0.3, 0.4) is 0 Å². The van der Waals surface area contributed by atoms with Crippen LogP contribution in [0, 0.1) is 11.7 Å². The molecule has 1 fully saturated rings. The zero-order valence-electron chi connectivity index (χ0n) is 19.6. The first kappa shape index (κ1) is 24.0. The molecular weight excluding hydrogens is 465 g/mol. The molecule has 0 saturated carbocycles. The Morgan fingerprint density at radius 1 is 1.24 bits per heavy atom. The van der Waals surface area contributed by atoms with E-state index in [1.807, 2.05) is 20.8 Å². The molecular formula is C22H28FN5O5S. The van der Waals surface area contributed by atoms with E-state index in [4.69, 9.17) is 0 Å². The number of sulfonamides is 1. The second-order valence-corrected chi connectivity index (χ2v) is 11.2. The van der Waals surface area contributed by atoms with Crippen LogP contribution in [0.5, 0.6) is 0 Å². The summed E-state index contributed by atoms with van der Waals surface area (Å²) in [6.07, 6.45) is 1.01. The van der Waals surface area contributed by atoms with Crippen molar-refractivity contribution in [1.29, 1.82) is 0 Å². The zero-order valence-corrected chi connectivity index (χ0v) is 20.5. The predicted molar refractivity (Wildman–Crippen MR) is 122 cm³/mol. The van der Waals surface area contributed by atoms with Crippen LogP contribution >= 0.6 is 0 Å². The van der Waals surface area contributed by atoms with Crippen LogP contribution in [0.2, 0.25) is 0 Å². The van der Waals surface area contributed by atoms with Crippen LogP contribution in [-0.2, 0) is 26.2 Å². The molecule has 1 aromatic rings. The summed E-state index contributed by atoms with van der Waals surface area (Å²) in [7, 11) is -2.46. The molecule has 0 spiro atoms. The monoisotopic (exact) mass is 493 g/mol. The van der Waals surface area contributed by atoms with Crippen LogP contribution in [0.4, 0.5) is 4.39 Å². The third-order valence-corrected chi connectivity index (χ3v) is 7.69. The topological polar surface area (TPSA) is 114 Å². The van der Waals surface area contributed by atoms with Gasteiger partial charge in [-0.05, 0) is 38.5 Å². The van der Waals surface area contributed by atoms with E-state index in [1.54, 1.807) is 9.80 Å². The summed E-state index contributed by atoms with van der Waals surface area (Å²) in [4.78, 5) is 30.0. The standard InChI is InChI=1S/C22H28FN5O5S/c1-12(2)26-10-13(3)28-17-16(19(29)18(28)22(26)31)21(30)27(11-14-6-8-15(23)9-7-14)24-20(17)25(4)34(5,32)33/h6-9,12-13,16-17,29H,10-11H2,1-5H3/t13-,16?,17?/m0/s1. The number of carbonyl (C=O) groups is 2. The Hall–Kier alpha value is -3.15. The van der Waals surface area contributed by atoms with Gasteiger partial charge in [0, 0.05) is 25.7 Å². The minimum Gasteiger partial charge on any atom is -0.509 e. The van der Waals surface area contributed by atoms with Gasteiger partial charge in [-0.25, -0.2) is 17.8 Å². The number of nitrogens with zero attached hydrogens (tertiary/aromatic N) is 5. The molecule has 34 heavy (non-hydrogen) atoms. The van der Waals surface area contributed by atoms with Crippen LogP contribution in [0.25, 0.3) is 0 Å². The average molecular weight is 494 g/mol. The summed E-state index contributed by atoms with van der Waals surface area (Å²) < 4.78 is 39.2. The van der Waals surface area contributed by atoms with Gasteiger partial charge in [0.2, 0.25) is 10.0 Å². The van der Waals surface area contributed by atoms with E-state index in [1.165, 1.54) is 31.3 Å². The van der Waals surface area contributed by atoms with Crippen LogP contribution in [-0.4, -0.2) is 88.3 Å². The zero-order chi connectivity index (χ0) is 25.1. The van der Waals surface area contributed by atoms with Crippen molar-refractivity contribution in [3.63, 3.8) is 0 Å². The molecule has 0 aromatic heterocycles. The Kier molecular flexibility index (Phi) is 5.83. The molecule has 3 aliphatic rings. The molecule has 10 nitrogen and oxygen atoms in total. The molecule has 2 amide bonds. The average Bonchev–Trinajstić information content (AvgIpc) is 3.07. The number of hydrogen-bond acceptors (Lipinski definition) is 7. The fourth-order valence-corrected chi connectivity index (χ4v) is 5.18. The first-order valence-electron chi connectivity index (χ1n) is 10.9. The summed E-state index contributed by atoms with van der Waals surface area (Å²) >= 11 is 0. The van der Waals surface area contributed by atoms with Crippen LogP contribution in [0.1, 0.15) is 26.3 Å². The van der Waals surface area contributed by atoms with Crippen LogP contribution in [0.15, 0.2) is 40.8 Å². The lowest BCUT2D eigenvalue weighted by molar-refractivity contribution is -0.139. The number of fused-ring (bicyclic) bond motifs is 3. The Bertz CT molecular complexity index is 1200. The van der Waals surface area contributed by atoms with Crippen molar-refractivity contribution in [3.8, 4) is 0 Å². The number of aliphatic hydroxyl groups is 1. The van der Waals surface area contributed by atoms with E-state index in [9.17, 15) is 27.5 Å². The molecule has 1 N–H and O–H groups in total. The molecule has 0 aliphatic carbocycles. The highest BCUT2D eigenvalue weighted by atomic mass is 32.2. The molecule has 3 aliphatic heterocycles. The normalized spacial score (nSPS) is 25.1. The fourth-order valence-electron chi connectivity index (χ4n) is 4.69. The quantitative estimate of drug-likeness (QED) is 0.672. The second kappa shape index (κ2) is 8.26. The molecule has 184 valence electrons. The number of carbonyl (C=O) groups excluding carboxylic acids is 2. The number of piperazine rings is 1. The van der Waals surface area contributed by atoms with Gasteiger partial charge in [-0.15, -0.1) is 0 Å². The third-order valence-electron chi connectivity index (χ3n) is 6.51. The lowest BCUT2D eigenvalue weighted by atomic mass is 9.95. The molecule has 3 atom stereocenters. The molecule has 4 rings (SSSR count). The van der Waals surface area contributed by atoms with E-state index in [0.717, 1.165) is 15.6 Å². The highest BCUT2D eigenvalue weighted by Crippen LogP contribution is 2.42. The fraction of sp³-hybridized carbons (Fsp3) is 0.500. The maximum absolute atomic E-state index is 13.5. The summed E-state index contributed by atoms with van der Waals surface area (Å²) in [6, 6.07) is 4.09. The van der Waals surface area contributed by atoms with Crippen molar-refractivity contribution in [2.45, 2.75) is 45.4 Å². The number of amides is 2. The van der Waals surface area contributed by atoms with Gasteiger partial charge in [-0.1, -0.05) is 12.1 Å². The highest BCUT2D eigenvalue weighted by molar-refractivity contribution is 7.88. The maximum atomic E-state index is 13.5. The summed E-state index contributed by atoms with van der Waals surface area (Å²) in [5, 5.41) is 16.6. The number of halogens is 1. The molecule has 3 heterocycles. The Morgan fingerprint density at radius 3 is 2.41 bits per heavy atom. The molecule has 1 aromatic carbocycles. The molecule has 1 saturated heterocycles. The SMILES string of the molecule is CC(C)N1C[C@H](C)N2C(=C(O)C3C(=O)N(Cc4ccc(F)cc4)N=C(N(C)S(C)(=O)=O)C32)C1=O. The van der Waals surface area contributed by atoms with Crippen LogP contribution < -0.4 is 0 Å².